The summed E-state index contributed by atoms with van der Waals surface area (Å²) in [6.07, 6.45) is 0.773. The van der Waals surface area contributed by atoms with E-state index in [4.69, 9.17) is 0 Å². The number of nitrogens with zero attached hydrogens (tertiary/aromatic N) is 1. The molecular formula is C15H22BrNOS. The zero-order chi connectivity index (χ0) is 14.0. The molecule has 1 atom stereocenters. The van der Waals surface area contributed by atoms with Gasteiger partial charge in [0.2, 0.25) is 0 Å². The van der Waals surface area contributed by atoms with Crippen LogP contribution in [0.15, 0.2) is 22.7 Å². The van der Waals surface area contributed by atoms with Gasteiger partial charge in [0.05, 0.1) is 6.10 Å². The number of aliphatic hydroxyl groups excluding tert-OH is 1. The highest BCUT2D eigenvalue weighted by molar-refractivity contribution is 9.10. The molecule has 0 radical (unpaired) electrons. The number of rotatable bonds is 2. The largest absolute Gasteiger partial charge is 0.389 e. The summed E-state index contributed by atoms with van der Waals surface area (Å²) in [5.41, 5.74) is 2.20. The standard InChI is InChI=1S/C15H22BrNOS/c1-11(18)13-5-4-12(10-14(13)16)17-7-6-15(2,3)19-9-8-17/h4-5,10-11,18H,6-9H2,1-3H3/t11-/m0/s1. The summed E-state index contributed by atoms with van der Waals surface area (Å²) < 4.78 is 1.38. The predicted octanol–water partition coefficient (Wildman–Crippen LogP) is 4.22. The van der Waals surface area contributed by atoms with Crippen LogP contribution in [-0.4, -0.2) is 28.7 Å². The summed E-state index contributed by atoms with van der Waals surface area (Å²) in [7, 11) is 0. The van der Waals surface area contributed by atoms with Crippen molar-refractivity contribution < 1.29 is 5.11 Å². The van der Waals surface area contributed by atoms with Crippen molar-refractivity contribution in [3.63, 3.8) is 0 Å². The first-order valence-electron chi connectivity index (χ1n) is 6.75. The zero-order valence-corrected chi connectivity index (χ0v) is 14.2. The number of halogens is 1. The highest BCUT2D eigenvalue weighted by atomic mass is 79.9. The quantitative estimate of drug-likeness (QED) is 0.869. The molecule has 2 rings (SSSR count). The predicted molar refractivity (Wildman–Crippen MR) is 88.1 cm³/mol. The normalized spacial score (nSPS) is 21.0. The van der Waals surface area contributed by atoms with Crippen LogP contribution in [0, 0.1) is 0 Å². The van der Waals surface area contributed by atoms with Crippen molar-refractivity contribution in [3.05, 3.63) is 28.2 Å². The molecule has 106 valence electrons. The number of thioether (sulfide) groups is 1. The Kier molecular flexibility index (Phi) is 4.85. The minimum absolute atomic E-state index is 0.380. The van der Waals surface area contributed by atoms with E-state index >= 15 is 0 Å². The molecule has 4 heteroatoms. The van der Waals surface area contributed by atoms with Crippen molar-refractivity contribution >= 4 is 33.4 Å². The van der Waals surface area contributed by atoms with Crippen molar-refractivity contribution in [2.24, 2.45) is 0 Å². The van der Waals surface area contributed by atoms with E-state index in [2.05, 4.69) is 58.6 Å². The maximum absolute atomic E-state index is 9.67. The molecule has 0 unspecified atom stereocenters. The number of hydrogen-bond donors (Lipinski definition) is 1. The van der Waals surface area contributed by atoms with Gasteiger partial charge in [-0.05, 0) is 31.0 Å². The lowest BCUT2D eigenvalue weighted by atomic mass is 10.1. The first kappa shape index (κ1) is 15.2. The summed E-state index contributed by atoms with van der Waals surface area (Å²) in [6.45, 7) is 8.64. The van der Waals surface area contributed by atoms with Gasteiger partial charge in [0, 0.05) is 33.7 Å². The van der Waals surface area contributed by atoms with Gasteiger partial charge in [-0.3, -0.25) is 0 Å². The van der Waals surface area contributed by atoms with E-state index in [1.807, 2.05) is 6.07 Å². The second kappa shape index (κ2) is 6.06. The molecule has 1 fully saturated rings. The fourth-order valence-corrected chi connectivity index (χ4v) is 4.13. The monoisotopic (exact) mass is 343 g/mol. The van der Waals surface area contributed by atoms with Crippen molar-refractivity contribution in [2.45, 2.75) is 38.0 Å². The molecule has 0 spiro atoms. The average molecular weight is 344 g/mol. The highest BCUT2D eigenvalue weighted by Crippen LogP contribution is 2.34. The van der Waals surface area contributed by atoms with Crippen LogP contribution in [-0.2, 0) is 0 Å². The first-order chi connectivity index (χ1) is 8.89. The Morgan fingerprint density at radius 3 is 2.74 bits per heavy atom. The van der Waals surface area contributed by atoms with E-state index in [0.717, 1.165) is 23.1 Å². The third-order valence-corrected chi connectivity index (χ3v) is 5.70. The molecule has 0 amide bonds. The van der Waals surface area contributed by atoms with Gasteiger partial charge in [0.15, 0.2) is 0 Å². The lowest BCUT2D eigenvalue weighted by Crippen LogP contribution is -2.26. The Morgan fingerprint density at radius 2 is 2.11 bits per heavy atom. The van der Waals surface area contributed by atoms with Gasteiger partial charge in [-0.1, -0.05) is 35.8 Å². The van der Waals surface area contributed by atoms with E-state index in [0.29, 0.717) is 4.75 Å². The second-order valence-corrected chi connectivity index (χ2v) is 8.38. The second-order valence-electron chi connectivity index (χ2n) is 5.73. The topological polar surface area (TPSA) is 23.5 Å². The van der Waals surface area contributed by atoms with Gasteiger partial charge in [-0.25, -0.2) is 0 Å². The molecular weight excluding hydrogens is 322 g/mol. The molecule has 0 bridgehead atoms. The van der Waals surface area contributed by atoms with E-state index in [1.54, 1.807) is 6.92 Å². The van der Waals surface area contributed by atoms with Crippen LogP contribution >= 0.6 is 27.7 Å². The van der Waals surface area contributed by atoms with Crippen LogP contribution in [0.2, 0.25) is 0 Å². The SMILES string of the molecule is C[C@H](O)c1ccc(N2CCSC(C)(C)CC2)cc1Br. The maximum atomic E-state index is 9.67. The van der Waals surface area contributed by atoms with Crippen molar-refractivity contribution in [1.82, 2.24) is 0 Å². The number of anilines is 1. The summed E-state index contributed by atoms with van der Waals surface area (Å²) in [4.78, 5) is 2.44. The molecule has 2 nitrogen and oxygen atoms in total. The summed E-state index contributed by atoms with van der Waals surface area (Å²) >= 11 is 5.62. The molecule has 19 heavy (non-hydrogen) atoms. The van der Waals surface area contributed by atoms with E-state index in [1.165, 1.54) is 17.9 Å². The molecule has 1 aliphatic heterocycles. The molecule has 0 aliphatic carbocycles. The van der Waals surface area contributed by atoms with Gasteiger partial charge >= 0.3 is 0 Å². The van der Waals surface area contributed by atoms with Gasteiger partial charge < -0.3 is 10.0 Å². The Morgan fingerprint density at radius 1 is 1.37 bits per heavy atom. The van der Waals surface area contributed by atoms with Crippen LogP contribution in [0.25, 0.3) is 0 Å². The summed E-state index contributed by atoms with van der Waals surface area (Å²) in [6, 6.07) is 6.27. The van der Waals surface area contributed by atoms with Crippen molar-refractivity contribution in [1.29, 1.82) is 0 Å². The fourth-order valence-electron chi connectivity index (χ4n) is 2.33. The average Bonchev–Trinajstić information content (AvgIpc) is 2.49. The van der Waals surface area contributed by atoms with Crippen LogP contribution < -0.4 is 4.90 Å². The van der Waals surface area contributed by atoms with E-state index in [9.17, 15) is 5.11 Å². The molecule has 1 aromatic rings. The number of hydrogen-bond acceptors (Lipinski definition) is 3. The van der Waals surface area contributed by atoms with Crippen LogP contribution in [0.4, 0.5) is 5.69 Å². The minimum atomic E-state index is -0.429. The van der Waals surface area contributed by atoms with Gasteiger partial charge in [-0.15, -0.1) is 0 Å². The van der Waals surface area contributed by atoms with E-state index < -0.39 is 6.10 Å². The first-order valence-corrected chi connectivity index (χ1v) is 8.53. The smallest absolute Gasteiger partial charge is 0.0772 e. The Labute approximate surface area is 128 Å². The summed E-state index contributed by atoms with van der Waals surface area (Å²) in [5, 5.41) is 9.67. The molecule has 1 heterocycles. The van der Waals surface area contributed by atoms with Gasteiger partial charge in [-0.2, -0.15) is 11.8 Å². The third-order valence-electron chi connectivity index (χ3n) is 3.64. The Bertz CT molecular complexity index is 448. The summed E-state index contributed by atoms with van der Waals surface area (Å²) in [5.74, 6) is 1.17. The number of aliphatic hydroxyl groups is 1. The van der Waals surface area contributed by atoms with Crippen molar-refractivity contribution in [2.75, 3.05) is 23.7 Å². The van der Waals surface area contributed by atoms with E-state index in [-0.39, 0.29) is 0 Å². The maximum Gasteiger partial charge on any atom is 0.0772 e. The number of benzene rings is 1. The molecule has 0 aromatic heterocycles. The van der Waals surface area contributed by atoms with Crippen LogP contribution in [0.1, 0.15) is 38.9 Å². The third kappa shape index (κ3) is 3.89. The molecule has 1 N–H and O–H groups in total. The van der Waals surface area contributed by atoms with Crippen LogP contribution in [0.5, 0.6) is 0 Å². The fraction of sp³-hybridized carbons (Fsp3) is 0.600. The zero-order valence-electron chi connectivity index (χ0n) is 11.8. The molecule has 1 aliphatic rings. The lowest BCUT2D eigenvalue weighted by Gasteiger charge is -2.25. The molecule has 1 aromatic carbocycles. The van der Waals surface area contributed by atoms with Crippen LogP contribution in [0.3, 0.4) is 0 Å². The lowest BCUT2D eigenvalue weighted by molar-refractivity contribution is 0.198. The molecule has 0 saturated carbocycles. The minimum Gasteiger partial charge on any atom is -0.389 e. The molecule has 1 saturated heterocycles. The highest BCUT2D eigenvalue weighted by Gasteiger charge is 2.24. The van der Waals surface area contributed by atoms with Gasteiger partial charge in [0.25, 0.3) is 0 Å². The Balaban J connectivity index is 2.16. The van der Waals surface area contributed by atoms with Gasteiger partial charge in [0.1, 0.15) is 0 Å². The Hall–Kier alpha value is -0.190. The van der Waals surface area contributed by atoms with Crippen molar-refractivity contribution in [3.8, 4) is 0 Å².